The third kappa shape index (κ3) is 3.59. The molecule has 0 bridgehead atoms. The predicted molar refractivity (Wildman–Crippen MR) is 84.9 cm³/mol. The number of aryl methyl sites for hydroxylation is 2. The van der Waals surface area contributed by atoms with Crippen LogP contribution in [0.3, 0.4) is 0 Å². The van der Waals surface area contributed by atoms with Crippen molar-refractivity contribution in [3.63, 3.8) is 0 Å². The summed E-state index contributed by atoms with van der Waals surface area (Å²) in [6.07, 6.45) is 3.41. The Morgan fingerprint density at radius 3 is 3.19 bits per heavy atom. The molecule has 0 spiro atoms. The van der Waals surface area contributed by atoms with E-state index in [1.165, 1.54) is 28.3 Å². The minimum atomic E-state index is -0.137. The second kappa shape index (κ2) is 6.53. The molecule has 0 saturated carbocycles. The SMILES string of the molecule is Cc1nc2c(s1)CCC[C@@H]2CNC(=O)NCc1cscn1. The number of aromatic nitrogens is 2. The van der Waals surface area contributed by atoms with Crippen LogP contribution in [-0.2, 0) is 13.0 Å². The van der Waals surface area contributed by atoms with E-state index in [1.807, 2.05) is 12.3 Å². The van der Waals surface area contributed by atoms with Crippen LogP contribution in [0.5, 0.6) is 0 Å². The molecule has 112 valence electrons. The highest BCUT2D eigenvalue weighted by Crippen LogP contribution is 2.34. The Labute approximate surface area is 131 Å². The van der Waals surface area contributed by atoms with Gasteiger partial charge in [-0.05, 0) is 26.2 Å². The Morgan fingerprint density at radius 2 is 2.38 bits per heavy atom. The van der Waals surface area contributed by atoms with Gasteiger partial charge in [-0.2, -0.15) is 0 Å². The highest BCUT2D eigenvalue weighted by molar-refractivity contribution is 7.11. The molecule has 2 aromatic heterocycles. The molecule has 0 unspecified atom stereocenters. The molecule has 2 amide bonds. The number of hydrogen-bond donors (Lipinski definition) is 2. The van der Waals surface area contributed by atoms with Gasteiger partial charge in [-0.15, -0.1) is 22.7 Å². The third-order valence-electron chi connectivity index (χ3n) is 3.60. The fourth-order valence-corrected chi connectivity index (χ4v) is 4.22. The maximum absolute atomic E-state index is 11.8. The van der Waals surface area contributed by atoms with E-state index in [9.17, 15) is 4.79 Å². The van der Waals surface area contributed by atoms with E-state index >= 15 is 0 Å². The summed E-state index contributed by atoms with van der Waals surface area (Å²) < 4.78 is 0. The molecule has 2 aromatic rings. The lowest BCUT2D eigenvalue weighted by Crippen LogP contribution is -2.38. The number of nitrogens with one attached hydrogen (secondary N) is 2. The van der Waals surface area contributed by atoms with Crippen LogP contribution < -0.4 is 10.6 Å². The lowest BCUT2D eigenvalue weighted by Gasteiger charge is -2.21. The summed E-state index contributed by atoms with van der Waals surface area (Å²) in [4.78, 5) is 22.0. The van der Waals surface area contributed by atoms with Gasteiger partial charge in [0.25, 0.3) is 0 Å². The van der Waals surface area contributed by atoms with Gasteiger partial charge in [-0.1, -0.05) is 0 Å². The molecular formula is C14H18N4OS2. The van der Waals surface area contributed by atoms with Crippen LogP contribution in [-0.4, -0.2) is 22.5 Å². The van der Waals surface area contributed by atoms with Crippen molar-refractivity contribution in [3.8, 4) is 0 Å². The van der Waals surface area contributed by atoms with Crippen molar-refractivity contribution in [1.29, 1.82) is 0 Å². The minimum absolute atomic E-state index is 0.137. The van der Waals surface area contributed by atoms with E-state index in [4.69, 9.17) is 0 Å². The molecule has 0 aromatic carbocycles. The Kier molecular flexibility index (Phi) is 4.50. The van der Waals surface area contributed by atoms with Crippen molar-refractivity contribution in [2.45, 2.75) is 38.6 Å². The predicted octanol–water partition coefficient (Wildman–Crippen LogP) is 2.83. The first-order valence-electron chi connectivity index (χ1n) is 7.07. The van der Waals surface area contributed by atoms with Crippen LogP contribution in [0.15, 0.2) is 10.9 Å². The van der Waals surface area contributed by atoms with Gasteiger partial charge in [0.05, 0.1) is 28.5 Å². The van der Waals surface area contributed by atoms with E-state index in [-0.39, 0.29) is 6.03 Å². The zero-order valence-electron chi connectivity index (χ0n) is 11.9. The summed E-state index contributed by atoms with van der Waals surface area (Å²) in [6, 6.07) is -0.137. The normalized spacial score (nSPS) is 17.3. The van der Waals surface area contributed by atoms with Crippen molar-refractivity contribution in [3.05, 3.63) is 32.2 Å². The fraction of sp³-hybridized carbons (Fsp3) is 0.500. The second-order valence-corrected chi connectivity index (χ2v) is 7.18. The van der Waals surface area contributed by atoms with Crippen LogP contribution in [0.2, 0.25) is 0 Å². The van der Waals surface area contributed by atoms with Crippen molar-refractivity contribution < 1.29 is 4.79 Å². The van der Waals surface area contributed by atoms with Gasteiger partial charge in [0.2, 0.25) is 0 Å². The number of carbonyl (C=O) groups excluding carboxylic acids is 1. The van der Waals surface area contributed by atoms with E-state index < -0.39 is 0 Å². The Balaban J connectivity index is 1.50. The molecule has 7 heteroatoms. The van der Waals surface area contributed by atoms with Gasteiger partial charge in [0, 0.05) is 22.7 Å². The molecule has 0 aliphatic heterocycles. The topological polar surface area (TPSA) is 66.9 Å². The van der Waals surface area contributed by atoms with Crippen molar-refractivity contribution >= 4 is 28.7 Å². The van der Waals surface area contributed by atoms with Gasteiger partial charge in [-0.25, -0.2) is 14.8 Å². The molecule has 21 heavy (non-hydrogen) atoms. The van der Waals surface area contributed by atoms with Crippen molar-refractivity contribution in [2.24, 2.45) is 0 Å². The molecule has 1 atom stereocenters. The molecule has 3 rings (SSSR count). The lowest BCUT2D eigenvalue weighted by atomic mass is 9.91. The summed E-state index contributed by atoms with van der Waals surface area (Å²) in [5.41, 5.74) is 3.86. The number of carbonyl (C=O) groups is 1. The van der Waals surface area contributed by atoms with E-state index in [0.717, 1.165) is 23.5 Å². The fourth-order valence-electron chi connectivity index (χ4n) is 2.60. The standard InChI is InChI=1S/C14H18N4OS2/c1-9-18-13-10(3-2-4-12(13)21-9)5-15-14(19)16-6-11-7-20-8-17-11/h7-8,10H,2-6H2,1H3,(H2,15,16,19)/t10-/m1/s1. The Bertz CT molecular complexity index is 609. The molecule has 1 aliphatic carbocycles. The number of fused-ring (bicyclic) bond motifs is 1. The highest BCUT2D eigenvalue weighted by Gasteiger charge is 2.24. The van der Waals surface area contributed by atoms with E-state index in [0.29, 0.717) is 19.0 Å². The summed E-state index contributed by atoms with van der Waals surface area (Å²) in [6.45, 7) is 3.17. The molecule has 0 saturated heterocycles. The zero-order chi connectivity index (χ0) is 14.7. The molecule has 1 aliphatic rings. The number of urea groups is 1. The zero-order valence-corrected chi connectivity index (χ0v) is 13.5. The number of nitrogens with zero attached hydrogens (tertiary/aromatic N) is 2. The van der Waals surface area contributed by atoms with Crippen molar-refractivity contribution in [1.82, 2.24) is 20.6 Å². The van der Waals surface area contributed by atoms with Gasteiger partial charge < -0.3 is 10.6 Å². The average Bonchev–Trinajstić information content (AvgIpc) is 3.10. The first-order valence-corrected chi connectivity index (χ1v) is 8.83. The van der Waals surface area contributed by atoms with Crippen LogP contribution >= 0.6 is 22.7 Å². The first kappa shape index (κ1) is 14.5. The second-order valence-electron chi connectivity index (χ2n) is 5.17. The summed E-state index contributed by atoms with van der Waals surface area (Å²) in [7, 11) is 0. The molecular weight excluding hydrogens is 304 g/mol. The largest absolute Gasteiger partial charge is 0.337 e. The monoisotopic (exact) mass is 322 g/mol. The third-order valence-corrected chi connectivity index (χ3v) is 5.28. The Morgan fingerprint density at radius 1 is 1.48 bits per heavy atom. The Hall–Kier alpha value is -1.47. The smallest absolute Gasteiger partial charge is 0.315 e. The molecule has 0 radical (unpaired) electrons. The number of thiazole rings is 2. The quantitative estimate of drug-likeness (QED) is 0.909. The highest BCUT2D eigenvalue weighted by atomic mass is 32.1. The number of amides is 2. The van der Waals surface area contributed by atoms with E-state index in [1.54, 1.807) is 16.8 Å². The minimum Gasteiger partial charge on any atom is -0.337 e. The van der Waals surface area contributed by atoms with Gasteiger partial charge >= 0.3 is 6.03 Å². The molecule has 0 fully saturated rings. The van der Waals surface area contributed by atoms with Crippen LogP contribution in [0.4, 0.5) is 4.79 Å². The maximum Gasteiger partial charge on any atom is 0.315 e. The van der Waals surface area contributed by atoms with Gasteiger partial charge in [0.1, 0.15) is 0 Å². The summed E-state index contributed by atoms with van der Waals surface area (Å²) >= 11 is 3.32. The van der Waals surface area contributed by atoms with Crippen LogP contribution in [0.1, 0.15) is 40.0 Å². The van der Waals surface area contributed by atoms with Gasteiger partial charge in [0.15, 0.2) is 0 Å². The lowest BCUT2D eigenvalue weighted by molar-refractivity contribution is 0.239. The van der Waals surface area contributed by atoms with Crippen LogP contribution in [0.25, 0.3) is 0 Å². The number of hydrogen-bond acceptors (Lipinski definition) is 5. The van der Waals surface area contributed by atoms with Crippen LogP contribution in [0, 0.1) is 6.92 Å². The van der Waals surface area contributed by atoms with Gasteiger partial charge in [-0.3, -0.25) is 0 Å². The maximum atomic E-state index is 11.8. The average molecular weight is 322 g/mol. The molecule has 2 N–H and O–H groups in total. The first-order chi connectivity index (χ1) is 10.2. The number of rotatable bonds is 4. The van der Waals surface area contributed by atoms with Crippen molar-refractivity contribution in [2.75, 3.05) is 6.54 Å². The summed E-state index contributed by atoms with van der Waals surface area (Å²) in [5.74, 6) is 0.351. The molecule has 2 heterocycles. The summed E-state index contributed by atoms with van der Waals surface area (Å²) in [5, 5.41) is 8.85. The van der Waals surface area contributed by atoms with E-state index in [2.05, 4.69) is 20.6 Å². The molecule has 5 nitrogen and oxygen atoms in total.